The van der Waals surface area contributed by atoms with Crippen molar-refractivity contribution in [2.75, 3.05) is 6.61 Å². The Morgan fingerprint density at radius 1 is 0.821 bits per heavy atom. The Morgan fingerprint density at radius 2 is 1.29 bits per heavy atom. The number of carbonyl (C=O) groups excluding carboxylic acids is 2. The quantitative estimate of drug-likeness (QED) is 0.575. The molecule has 2 rings (SSSR count). The SMILES string of the molecule is CC(C)C(COC(=O)c1ccccc1)C(C)(OC(=O)c1ccccc1)C(C)C. The number of ether oxygens (including phenoxy) is 2. The summed E-state index contributed by atoms with van der Waals surface area (Å²) in [5.41, 5.74) is 0.244. The van der Waals surface area contributed by atoms with Crippen LogP contribution in [0, 0.1) is 17.8 Å². The van der Waals surface area contributed by atoms with E-state index in [1.165, 1.54) is 0 Å². The predicted molar refractivity (Wildman–Crippen MR) is 110 cm³/mol. The molecule has 28 heavy (non-hydrogen) atoms. The van der Waals surface area contributed by atoms with Gasteiger partial charge in [0.25, 0.3) is 0 Å². The molecule has 0 saturated carbocycles. The number of benzene rings is 2. The molecule has 0 heterocycles. The number of carbonyl (C=O) groups is 2. The average Bonchev–Trinajstić information content (AvgIpc) is 2.68. The Morgan fingerprint density at radius 3 is 1.71 bits per heavy atom. The molecule has 2 aromatic carbocycles. The molecule has 0 N–H and O–H groups in total. The molecule has 4 heteroatoms. The van der Waals surface area contributed by atoms with Crippen molar-refractivity contribution in [1.29, 1.82) is 0 Å². The summed E-state index contributed by atoms with van der Waals surface area (Å²) < 4.78 is 11.6. The maximum absolute atomic E-state index is 12.7. The van der Waals surface area contributed by atoms with E-state index in [4.69, 9.17) is 9.47 Å². The molecule has 0 radical (unpaired) electrons. The van der Waals surface area contributed by atoms with Crippen molar-refractivity contribution < 1.29 is 19.1 Å². The zero-order valence-electron chi connectivity index (χ0n) is 17.3. The minimum absolute atomic E-state index is 0.0444. The van der Waals surface area contributed by atoms with Crippen LogP contribution in [-0.4, -0.2) is 24.1 Å². The van der Waals surface area contributed by atoms with Gasteiger partial charge in [0.1, 0.15) is 5.60 Å². The predicted octanol–water partition coefficient (Wildman–Crippen LogP) is 5.39. The fourth-order valence-corrected chi connectivity index (χ4v) is 3.30. The third-order valence-electron chi connectivity index (χ3n) is 5.41. The molecule has 0 aliphatic rings. The maximum Gasteiger partial charge on any atom is 0.338 e. The van der Waals surface area contributed by atoms with Gasteiger partial charge in [-0.1, -0.05) is 64.1 Å². The van der Waals surface area contributed by atoms with Gasteiger partial charge in [-0.25, -0.2) is 9.59 Å². The summed E-state index contributed by atoms with van der Waals surface area (Å²) in [6.45, 7) is 10.3. The van der Waals surface area contributed by atoms with Crippen molar-refractivity contribution in [3.05, 3.63) is 71.8 Å². The normalized spacial score (nSPS) is 14.4. The molecule has 0 fully saturated rings. The number of esters is 2. The van der Waals surface area contributed by atoms with Crippen LogP contribution in [0.3, 0.4) is 0 Å². The molecule has 2 unspecified atom stereocenters. The van der Waals surface area contributed by atoms with E-state index < -0.39 is 5.60 Å². The Labute approximate surface area is 167 Å². The van der Waals surface area contributed by atoms with E-state index >= 15 is 0 Å². The van der Waals surface area contributed by atoms with Crippen LogP contribution >= 0.6 is 0 Å². The van der Waals surface area contributed by atoms with Gasteiger partial charge < -0.3 is 9.47 Å². The minimum Gasteiger partial charge on any atom is -0.462 e. The second-order valence-electron chi connectivity index (χ2n) is 7.91. The lowest BCUT2D eigenvalue weighted by atomic mass is 9.74. The van der Waals surface area contributed by atoms with E-state index in [1.807, 2.05) is 45.0 Å². The van der Waals surface area contributed by atoms with Crippen molar-refractivity contribution in [3.63, 3.8) is 0 Å². The van der Waals surface area contributed by atoms with E-state index in [1.54, 1.807) is 36.4 Å². The van der Waals surface area contributed by atoms with Crippen molar-refractivity contribution in [2.45, 2.75) is 40.2 Å². The van der Waals surface area contributed by atoms with E-state index in [9.17, 15) is 9.59 Å². The van der Waals surface area contributed by atoms with Crippen LogP contribution in [0.15, 0.2) is 60.7 Å². The van der Waals surface area contributed by atoms with E-state index in [0.717, 1.165) is 0 Å². The first-order chi connectivity index (χ1) is 13.3. The van der Waals surface area contributed by atoms with Gasteiger partial charge in [0.05, 0.1) is 17.7 Å². The summed E-state index contributed by atoms with van der Waals surface area (Å²) >= 11 is 0. The first-order valence-electron chi connectivity index (χ1n) is 9.76. The fourth-order valence-electron chi connectivity index (χ4n) is 3.30. The molecular weight excluding hydrogens is 352 g/mol. The van der Waals surface area contributed by atoms with Gasteiger partial charge in [0, 0.05) is 5.92 Å². The van der Waals surface area contributed by atoms with Gasteiger partial charge >= 0.3 is 11.9 Å². The first-order valence-corrected chi connectivity index (χ1v) is 9.76. The average molecular weight is 383 g/mol. The van der Waals surface area contributed by atoms with Crippen LogP contribution in [-0.2, 0) is 9.47 Å². The molecule has 0 spiro atoms. The monoisotopic (exact) mass is 382 g/mol. The summed E-state index contributed by atoms with van der Waals surface area (Å²) in [7, 11) is 0. The molecule has 0 aromatic heterocycles. The second kappa shape index (κ2) is 9.54. The molecule has 0 aliphatic carbocycles. The lowest BCUT2D eigenvalue weighted by molar-refractivity contribution is -0.0950. The van der Waals surface area contributed by atoms with Crippen molar-refractivity contribution in [2.24, 2.45) is 17.8 Å². The van der Waals surface area contributed by atoms with Gasteiger partial charge in [-0.15, -0.1) is 0 Å². The summed E-state index contributed by atoms with van der Waals surface area (Å²) in [6, 6.07) is 17.9. The van der Waals surface area contributed by atoms with E-state index in [0.29, 0.717) is 11.1 Å². The topological polar surface area (TPSA) is 52.6 Å². The van der Waals surface area contributed by atoms with Crippen LogP contribution in [0.25, 0.3) is 0 Å². The Bertz CT molecular complexity index is 768. The van der Waals surface area contributed by atoms with Crippen LogP contribution in [0.2, 0.25) is 0 Å². The number of hydrogen-bond donors (Lipinski definition) is 0. The zero-order valence-corrected chi connectivity index (χ0v) is 17.3. The minimum atomic E-state index is -0.780. The highest BCUT2D eigenvalue weighted by atomic mass is 16.6. The first kappa shape index (κ1) is 21.7. The van der Waals surface area contributed by atoms with Gasteiger partial charge in [-0.3, -0.25) is 0 Å². The Hall–Kier alpha value is -2.62. The number of hydrogen-bond acceptors (Lipinski definition) is 4. The van der Waals surface area contributed by atoms with Crippen molar-refractivity contribution in [3.8, 4) is 0 Å². The van der Waals surface area contributed by atoms with Crippen LogP contribution in [0.4, 0.5) is 0 Å². The third kappa shape index (κ3) is 5.22. The summed E-state index contributed by atoms with van der Waals surface area (Å²) in [5, 5.41) is 0. The largest absolute Gasteiger partial charge is 0.462 e. The maximum atomic E-state index is 12.7. The number of rotatable bonds is 8. The highest BCUT2D eigenvalue weighted by Crippen LogP contribution is 2.36. The molecule has 0 aliphatic heterocycles. The fraction of sp³-hybridized carbons (Fsp3) is 0.417. The highest BCUT2D eigenvalue weighted by molar-refractivity contribution is 5.90. The van der Waals surface area contributed by atoms with Gasteiger partial charge in [-0.05, 0) is 43.0 Å². The molecular formula is C24H30O4. The summed E-state index contributed by atoms with van der Waals surface area (Å²) in [4.78, 5) is 25.1. The molecule has 2 aromatic rings. The van der Waals surface area contributed by atoms with Crippen LogP contribution < -0.4 is 0 Å². The molecule has 0 bridgehead atoms. The van der Waals surface area contributed by atoms with Crippen LogP contribution in [0.5, 0.6) is 0 Å². The molecule has 2 atom stereocenters. The molecule has 150 valence electrons. The summed E-state index contributed by atoms with van der Waals surface area (Å²) in [5.74, 6) is -0.682. The van der Waals surface area contributed by atoms with Crippen LogP contribution in [0.1, 0.15) is 55.3 Å². The smallest absolute Gasteiger partial charge is 0.338 e. The molecule has 4 nitrogen and oxygen atoms in total. The Kier molecular flexibility index (Phi) is 7.38. The Balaban J connectivity index is 2.18. The lowest BCUT2D eigenvalue weighted by Gasteiger charge is -2.42. The lowest BCUT2D eigenvalue weighted by Crippen LogP contribution is -2.49. The molecule has 0 amide bonds. The standard InChI is InChI=1S/C24H30O4/c1-17(2)21(16-27-22(25)19-12-8-6-9-13-19)24(5,18(3)4)28-23(26)20-14-10-7-11-15-20/h6-15,17-18,21H,16H2,1-5H3. The van der Waals surface area contributed by atoms with Crippen molar-refractivity contribution >= 4 is 11.9 Å². The van der Waals surface area contributed by atoms with E-state index in [-0.39, 0.29) is 36.3 Å². The summed E-state index contributed by atoms with van der Waals surface area (Å²) in [6.07, 6.45) is 0. The van der Waals surface area contributed by atoms with E-state index in [2.05, 4.69) is 13.8 Å². The third-order valence-corrected chi connectivity index (χ3v) is 5.41. The zero-order chi connectivity index (χ0) is 20.7. The highest BCUT2D eigenvalue weighted by Gasteiger charge is 2.43. The van der Waals surface area contributed by atoms with Crippen molar-refractivity contribution in [1.82, 2.24) is 0 Å². The second-order valence-corrected chi connectivity index (χ2v) is 7.91. The van der Waals surface area contributed by atoms with Gasteiger partial charge in [0.2, 0.25) is 0 Å². The van der Waals surface area contributed by atoms with Gasteiger partial charge in [-0.2, -0.15) is 0 Å². The van der Waals surface area contributed by atoms with Gasteiger partial charge in [0.15, 0.2) is 0 Å². The molecule has 0 saturated heterocycles.